The summed E-state index contributed by atoms with van der Waals surface area (Å²) in [5, 5.41) is 0. The van der Waals surface area contributed by atoms with Crippen LogP contribution in [0.1, 0.15) is 52.4 Å². The highest BCUT2D eigenvalue weighted by Crippen LogP contribution is 2.19. The van der Waals surface area contributed by atoms with Gasteiger partial charge in [0.2, 0.25) is 0 Å². The predicted octanol–water partition coefficient (Wildman–Crippen LogP) is 3.34. The molecule has 0 saturated heterocycles. The Balaban J connectivity index is 2.11. The third-order valence-electron chi connectivity index (χ3n) is 2.36. The van der Waals surface area contributed by atoms with Gasteiger partial charge in [-0.15, -0.1) is 0 Å². The summed E-state index contributed by atoms with van der Waals surface area (Å²) in [6.07, 6.45) is 10.6. The molecule has 1 nitrogen and oxygen atoms in total. The lowest BCUT2D eigenvalue weighted by atomic mass is 9.98. The van der Waals surface area contributed by atoms with Crippen LogP contribution in [-0.4, -0.2) is 6.10 Å². The summed E-state index contributed by atoms with van der Waals surface area (Å²) in [5.74, 6) is 3.71. The topological polar surface area (TPSA) is 9.23 Å². The normalized spacial score (nSPS) is 18.1. The Bertz CT molecular complexity index is 179. The van der Waals surface area contributed by atoms with Crippen molar-refractivity contribution >= 4 is 0 Å². The van der Waals surface area contributed by atoms with E-state index in [9.17, 15) is 0 Å². The Morgan fingerprint density at radius 1 is 1.23 bits per heavy atom. The molecule has 1 aliphatic rings. The molecule has 0 aliphatic heterocycles. The maximum absolute atomic E-state index is 5.47. The monoisotopic (exact) mass is 180 g/mol. The Morgan fingerprint density at radius 3 is 2.54 bits per heavy atom. The van der Waals surface area contributed by atoms with Crippen molar-refractivity contribution in [1.29, 1.82) is 0 Å². The van der Waals surface area contributed by atoms with Crippen LogP contribution in [0.2, 0.25) is 0 Å². The van der Waals surface area contributed by atoms with Gasteiger partial charge in [0.15, 0.2) is 0 Å². The van der Waals surface area contributed by atoms with Crippen molar-refractivity contribution in [2.24, 2.45) is 5.92 Å². The zero-order valence-electron chi connectivity index (χ0n) is 8.81. The third kappa shape index (κ3) is 4.83. The Hall–Kier alpha value is -0.640. The largest absolute Gasteiger partial charge is 0.443 e. The maximum atomic E-state index is 5.47. The predicted molar refractivity (Wildman–Crippen MR) is 55.2 cm³/mol. The second-order valence-corrected chi connectivity index (χ2v) is 4.25. The molecule has 1 rings (SSSR count). The van der Waals surface area contributed by atoms with Crippen molar-refractivity contribution in [3.8, 4) is 12.0 Å². The number of hydrogen-bond acceptors (Lipinski definition) is 1. The van der Waals surface area contributed by atoms with E-state index in [1.165, 1.54) is 32.1 Å². The van der Waals surface area contributed by atoms with E-state index in [0.717, 1.165) is 6.42 Å². The summed E-state index contributed by atoms with van der Waals surface area (Å²) in [6.45, 7) is 4.35. The van der Waals surface area contributed by atoms with Crippen molar-refractivity contribution in [2.45, 2.75) is 58.5 Å². The van der Waals surface area contributed by atoms with Crippen LogP contribution in [0.4, 0.5) is 0 Å². The molecule has 1 aliphatic carbocycles. The van der Waals surface area contributed by atoms with Gasteiger partial charge in [0, 0.05) is 6.42 Å². The molecule has 0 atom stereocenters. The molecule has 0 aromatic carbocycles. The number of hydrogen-bond donors (Lipinski definition) is 0. The molecule has 0 heterocycles. The first-order valence-corrected chi connectivity index (χ1v) is 5.42. The van der Waals surface area contributed by atoms with Crippen molar-refractivity contribution in [1.82, 2.24) is 0 Å². The van der Waals surface area contributed by atoms with E-state index in [1.54, 1.807) is 0 Å². The van der Waals surface area contributed by atoms with Crippen LogP contribution < -0.4 is 0 Å². The van der Waals surface area contributed by atoms with Gasteiger partial charge in [-0.1, -0.05) is 26.2 Å². The maximum Gasteiger partial charge on any atom is 0.110 e. The van der Waals surface area contributed by atoms with Gasteiger partial charge in [-0.3, -0.25) is 0 Å². The Morgan fingerprint density at radius 2 is 1.92 bits per heavy atom. The zero-order chi connectivity index (χ0) is 9.52. The van der Waals surface area contributed by atoms with Crippen molar-refractivity contribution in [3.05, 3.63) is 0 Å². The van der Waals surface area contributed by atoms with Gasteiger partial charge in [-0.2, -0.15) is 0 Å². The second-order valence-electron chi connectivity index (χ2n) is 4.25. The fraction of sp³-hybridized carbons (Fsp3) is 0.833. The minimum Gasteiger partial charge on any atom is -0.443 e. The molecule has 74 valence electrons. The molecule has 1 heteroatoms. The molecule has 0 aromatic rings. The van der Waals surface area contributed by atoms with E-state index >= 15 is 0 Å². The van der Waals surface area contributed by atoms with Gasteiger partial charge in [-0.05, 0) is 31.6 Å². The fourth-order valence-corrected chi connectivity index (χ4v) is 1.55. The van der Waals surface area contributed by atoms with Gasteiger partial charge in [0.1, 0.15) is 12.2 Å². The molecule has 0 bridgehead atoms. The molecular weight excluding hydrogens is 160 g/mol. The minimum atomic E-state index is 0.424. The molecule has 1 fully saturated rings. The summed E-state index contributed by atoms with van der Waals surface area (Å²) >= 11 is 0. The molecule has 0 aromatic heterocycles. The third-order valence-corrected chi connectivity index (χ3v) is 2.36. The van der Waals surface area contributed by atoms with Crippen molar-refractivity contribution in [3.63, 3.8) is 0 Å². The van der Waals surface area contributed by atoms with Crippen molar-refractivity contribution < 1.29 is 4.74 Å². The summed E-state index contributed by atoms with van der Waals surface area (Å²) in [6, 6.07) is 0. The molecule has 1 saturated carbocycles. The van der Waals surface area contributed by atoms with Gasteiger partial charge in [0.05, 0.1) is 0 Å². The van der Waals surface area contributed by atoms with Crippen LogP contribution in [0.3, 0.4) is 0 Å². The van der Waals surface area contributed by atoms with Gasteiger partial charge >= 0.3 is 0 Å². The van der Waals surface area contributed by atoms with Crippen LogP contribution in [0.15, 0.2) is 0 Å². The molecule has 13 heavy (non-hydrogen) atoms. The number of rotatable bonds is 2. The molecule has 0 amide bonds. The van der Waals surface area contributed by atoms with Crippen LogP contribution in [0.25, 0.3) is 0 Å². The first kappa shape index (κ1) is 10.4. The summed E-state index contributed by atoms with van der Waals surface area (Å²) in [5.41, 5.74) is 0. The van der Waals surface area contributed by atoms with E-state index in [4.69, 9.17) is 4.74 Å². The first-order chi connectivity index (χ1) is 6.29. The van der Waals surface area contributed by atoms with E-state index in [2.05, 4.69) is 25.9 Å². The average molecular weight is 180 g/mol. The standard InChI is InChI=1S/C12H20O/c1-11(2)7-6-10-13-12-8-4-3-5-9-12/h11-12H,3-5,7-9H2,1-2H3. The fourth-order valence-electron chi connectivity index (χ4n) is 1.55. The molecular formula is C12H20O. The SMILES string of the molecule is CC(C)CC#COC1CCCCC1. The zero-order valence-corrected chi connectivity index (χ0v) is 8.81. The quantitative estimate of drug-likeness (QED) is 0.592. The minimum absolute atomic E-state index is 0.424. The van der Waals surface area contributed by atoms with Gasteiger partial charge in [-0.25, -0.2) is 0 Å². The Kier molecular flexibility index (Phi) is 4.75. The smallest absolute Gasteiger partial charge is 0.110 e. The summed E-state index contributed by atoms with van der Waals surface area (Å²) < 4.78 is 5.47. The van der Waals surface area contributed by atoms with E-state index in [-0.39, 0.29) is 0 Å². The van der Waals surface area contributed by atoms with E-state index in [1.807, 2.05) is 0 Å². The van der Waals surface area contributed by atoms with Crippen LogP contribution in [0, 0.1) is 17.9 Å². The van der Waals surface area contributed by atoms with Gasteiger partial charge < -0.3 is 4.74 Å². The highest BCUT2D eigenvalue weighted by atomic mass is 16.5. The highest BCUT2D eigenvalue weighted by Gasteiger charge is 2.12. The van der Waals surface area contributed by atoms with Gasteiger partial charge in [0.25, 0.3) is 0 Å². The molecule has 0 spiro atoms. The lowest BCUT2D eigenvalue weighted by molar-refractivity contribution is 0.124. The number of ether oxygens (including phenoxy) is 1. The highest BCUT2D eigenvalue weighted by molar-refractivity contribution is 4.93. The van der Waals surface area contributed by atoms with Crippen LogP contribution in [0.5, 0.6) is 0 Å². The van der Waals surface area contributed by atoms with Crippen molar-refractivity contribution in [2.75, 3.05) is 0 Å². The average Bonchev–Trinajstić information content (AvgIpc) is 2.14. The second kappa shape index (κ2) is 5.91. The van der Waals surface area contributed by atoms with E-state index < -0.39 is 0 Å². The summed E-state index contributed by atoms with van der Waals surface area (Å²) in [4.78, 5) is 0. The lowest BCUT2D eigenvalue weighted by Crippen LogP contribution is -2.13. The van der Waals surface area contributed by atoms with Crippen LogP contribution in [-0.2, 0) is 4.74 Å². The molecule has 0 unspecified atom stereocenters. The molecule has 0 N–H and O–H groups in total. The summed E-state index contributed by atoms with van der Waals surface area (Å²) in [7, 11) is 0. The van der Waals surface area contributed by atoms with Crippen LogP contribution >= 0.6 is 0 Å². The van der Waals surface area contributed by atoms with E-state index in [0.29, 0.717) is 12.0 Å². The first-order valence-electron chi connectivity index (χ1n) is 5.42. The molecule has 0 radical (unpaired) electrons. The lowest BCUT2D eigenvalue weighted by Gasteiger charge is -2.18. The Labute approximate surface area is 81.9 Å².